The van der Waals surface area contributed by atoms with E-state index in [0.717, 1.165) is 54.2 Å². The lowest BCUT2D eigenvalue weighted by Crippen LogP contribution is -2.68. The third kappa shape index (κ3) is 12.1. The van der Waals surface area contributed by atoms with E-state index in [1.54, 1.807) is 10.9 Å². The Bertz CT molecular complexity index is 3040. The third-order valence-corrected chi connectivity index (χ3v) is 16.2. The molecule has 1 aliphatic carbocycles. The van der Waals surface area contributed by atoms with Gasteiger partial charge in [-0.3, -0.25) is 0 Å². The predicted octanol–water partition coefficient (Wildman–Crippen LogP) is -4.30. The summed E-state index contributed by atoms with van der Waals surface area (Å²) in [4.78, 5) is 13.1. The van der Waals surface area contributed by atoms with Crippen LogP contribution in [0.25, 0.3) is 44.9 Å². The first-order valence-electron chi connectivity index (χ1n) is 27.5. The van der Waals surface area contributed by atoms with Gasteiger partial charge in [0.1, 0.15) is 96.7 Å². The molecule has 3 aromatic carbocycles. The first-order chi connectivity index (χ1) is 39.5. The van der Waals surface area contributed by atoms with Crippen LogP contribution < -0.4 is 44.0 Å². The molecule has 3 aromatic heterocycles. The van der Waals surface area contributed by atoms with E-state index in [1.165, 1.54) is 10.4 Å². The van der Waals surface area contributed by atoms with Crippen molar-refractivity contribution in [2.75, 3.05) is 57.8 Å². The highest BCUT2D eigenvalue weighted by molar-refractivity contribution is 5.83. The molecule has 5 aliphatic rings. The van der Waals surface area contributed by atoms with Crippen molar-refractivity contribution in [2.45, 2.75) is 136 Å². The number of fused-ring (bicyclic) bond motifs is 1. The summed E-state index contributed by atoms with van der Waals surface area (Å²) in [5.74, 6) is 1.50. The number of aromatic nitrogens is 8. The molecule has 6 aromatic rings. The Labute approximate surface area is 470 Å². The maximum absolute atomic E-state index is 12.0. The number of aliphatic hydroxyl groups excluding tert-OH is 6. The molecule has 444 valence electrons. The zero-order valence-corrected chi connectivity index (χ0v) is 45.1. The van der Waals surface area contributed by atoms with E-state index < -0.39 is 116 Å². The molecule has 4 saturated heterocycles. The van der Waals surface area contributed by atoms with Gasteiger partial charge >= 0.3 is 0 Å². The highest BCUT2D eigenvalue weighted by atomic mass is 16.8. The molecule has 11 rings (SSSR count). The number of nitrogens with one attached hydrogen (secondary N) is 1. The molecule has 29 heteroatoms. The van der Waals surface area contributed by atoms with E-state index in [4.69, 9.17) is 72.5 Å². The number of ether oxygens (including phenoxy) is 7. The predicted molar refractivity (Wildman–Crippen MR) is 292 cm³/mol. The second kappa shape index (κ2) is 24.8. The van der Waals surface area contributed by atoms with Crippen LogP contribution in [0.2, 0.25) is 0 Å². The number of hydrogen-bond acceptors (Lipinski definition) is 26. The van der Waals surface area contributed by atoms with Crippen LogP contribution in [0.5, 0.6) is 5.75 Å². The van der Waals surface area contributed by atoms with Crippen molar-refractivity contribution >= 4 is 16.7 Å². The topological polar surface area (TPSA) is 439 Å². The van der Waals surface area contributed by atoms with Gasteiger partial charge < -0.3 is 113 Å². The summed E-state index contributed by atoms with van der Waals surface area (Å²) in [6.07, 6.45) is -16.8. The van der Waals surface area contributed by atoms with E-state index in [9.17, 15) is 30.6 Å². The highest BCUT2D eigenvalue weighted by Gasteiger charge is 2.55. The second-order valence-corrected chi connectivity index (χ2v) is 21.8. The van der Waals surface area contributed by atoms with Crippen molar-refractivity contribution in [3.8, 4) is 39.7 Å². The summed E-state index contributed by atoms with van der Waals surface area (Å²) >= 11 is 0. The molecule has 19 atom stereocenters. The number of benzene rings is 3. The lowest BCUT2D eigenvalue weighted by atomic mass is 9.84. The standard InChI is InChI=1S/C53H74N16O13/c1-66-12-14-67(15-13-66)28-8-11-32-33(18-28)61-50(60-32)27-6-9-29(10-7-27)76-17-16-68-22-34(62-64-68)25-2-4-26(5-3-25)35-23-69(65-63-35)24-38-48(81-52-40(59)45(74)43(72)37(21-55)78-52)46(75)53(79-38)82-49-41(70)30(56)19-31(57)47(49)80-51-39(58)44(73)42(71)36(20-54)77-51/h2-11,18,22-23,30-31,36-49,51-53,70-75H,12-17,19-21,24,54-59H2,1H3,(H,60,61)/t30-,31+,36-,37+,38-,39-,40-,41+,42-,43-,44-,45-,46-,47-,48-,49-,51-,52-,53+/m1/s1. The zero-order chi connectivity index (χ0) is 57.5. The monoisotopic (exact) mass is 1140 g/mol. The summed E-state index contributed by atoms with van der Waals surface area (Å²) in [7, 11) is 2.15. The van der Waals surface area contributed by atoms with E-state index in [-0.39, 0.29) is 26.1 Å². The third-order valence-electron chi connectivity index (χ3n) is 16.2. The van der Waals surface area contributed by atoms with Gasteiger partial charge in [-0.2, -0.15) is 0 Å². The van der Waals surface area contributed by atoms with Crippen molar-refractivity contribution in [1.29, 1.82) is 0 Å². The van der Waals surface area contributed by atoms with Crippen LogP contribution in [-0.4, -0.2) is 245 Å². The first-order valence-corrected chi connectivity index (χ1v) is 27.5. The smallest absolute Gasteiger partial charge is 0.187 e. The number of anilines is 1. The molecule has 1 saturated carbocycles. The molecule has 0 spiro atoms. The fourth-order valence-electron chi connectivity index (χ4n) is 11.2. The van der Waals surface area contributed by atoms with Crippen LogP contribution in [0.15, 0.2) is 79.1 Å². The number of hydrogen-bond donors (Lipinski definition) is 13. The summed E-state index contributed by atoms with van der Waals surface area (Å²) in [6.45, 7) is 4.41. The minimum absolute atomic E-state index is 0.0624. The van der Waals surface area contributed by atoms with E-state index in [2.05, 4.69) is 60.7 Å². The summed E-state index contributed by atoms with van der Waals surface area (Å²) in [5.41, 5.74) is 43.8. The van der Waals surface area contributed by atoms with Crippen molar-refractivity contribution in [2.24, 2.45) is 34.4 Å². The number of piperazine rings is 1. The maximum atomic E-state index is 12.0. The molecule has 5 fully saturated rings. The van der Waals surface area contributed by atoms with Crippen LogP contribution in [0.4, 0.5) is 5.69 Å². The first kappa shape index (κ1) is 58.0. The van der Waals surface area contributed by atoms with Crippen molar-refractivity contribution < 1.29 is 63.8 Å². The van der Waals surface area contributed by atoms with Gasteiger partial charge in [0, 0.05) is 73.7 Å². The SMILES string of the molecule is CN1CCN(c2ccc3nc(-c4ccc(OCCn5cc(-c6ccc(-c7cn(C[C@H]8O[C@@H](O[C@@H]9[C@@H](O)[C@H](N)C[C@H](N)[C@H]9O[C@H]9O[C@H](CN)[C@@H](O)[C@H](O)[C@H]9N)[C@H](O)[C@@H]8O[C@H]8O[C@@H](CN)[C@@H](O)[C@H](O)[C@H]8N)nn7)cc6)nn5)cc4)[nH]c3c2)CC1. The molecule has 29 nitrogen and oxygen atoms in total. The van der Waals surface area contributed by atoms with Gasteiger partial charge in [0.25, 0.3) is 0 Å². The minimum Gasteiger partial charge on any atom is -0.492 e. The van der Waals surface area contributed by atoms with Gasteiger partial charge in [0.15, 0.2) is 18.9 Å². The molecule has 4 aliphatic heterocycles. The lowest BCUT2D eigenvalue weighted by molar-refractivity contribution is -0.306. The van der Waals surface area contributed by atoms with Gasteiger partial charge in [0.05, 0.1) is 54.7 Å². The molecule has 7 heterocycles. The fraction of sp³-hybridized carbons (Fsp3) is 0.566. The van der Waals surface area contributed by atoms with Crippen LogP contribution in [-0.2, 0) is 41.5 Å². The average Bonchev–Trinajstić information content (AvgIpc) is 4.37. The van der Waals surface area contributed by atoms with Crippen molar-refractivity contribution in [3.05, 3.63) is 79.1 Å². The van der Waals surface area contributed by atoms with Crippen LogP contribution in [0.3, 0.4) is 0 Å². The van der Waals surface area contributed by atoms with Gasteiger partial charge in [0.2, 0.25) is 0 Å². The Balaban J connectivity index is 0.726. The second-order valence-electron chi connectivity index (χ2n) is 21.8. The molecule has 0 unspecified atom stereocenters. The van der Waals surface area contributed by atoms with E-state index in [0.29, 0.717) is 35.9 Å². The molecule has 82 heavy (non-hydrogen) atoms. The summed E-state index contributed by atoms with van der Waals surface area (Å²) < 4.78 is 46.1. The van der Waals surface area contributed by atoms with Gasteiger partial charge in [-0.1, -0.05) is 34.7 Å². The molecule has 0 amide bonds. The average molecular weight is 1140 g/mol. The Morgan fingerprint density at radius 1 is 0.598 bits per heavy atom. The number of H-pyrrole nitrogens is 1. The molecular weight excluding hydrogens is 1070 g/mol. The van der Waals surface area contributed by atoms with Gasteiger partial charge in [-0.15, -0.1) is 10.2 Å². The van der Waals surface area contributed by atoms with E-state index >= 15 is 0 Å². The Morgan fingerprint density at radius 3 is 1.78 bits per heavy atom. The maximum Gasteiger partial charge on any atom is 0.187 e. The number of nitrogens with two attached hydrogens (primary N) is 6. The summed E-state index contributed by atoms with van der Waals surface area (Å²) in [6, 6.07) is 17.3. The Morgan fingerprint density at radius 2 is 1.16 bits per heavy atom. The van der Waals surface area contributed by atoms with Gasteiger partial charge in [-0.05, 0) is 55.9 Å². The molecule has 0 bridgehead atoms. The number of aliphatic hydroxyl groups is 6. The van der Waals surface area contributed by atoms with Crippen LogP contribution >= 0.6 is 0 Å². The number of rotatable bonds is 18. The number of imidazole rings is 1. The largest absolute Gasteiger partial charge is 0.492 e. The Kier molecular flexibility index (Phi) is 17.6. The minimum atomic E-state index is -1.65. The van der Waals surface area contributed by atoms with E-state index in [1.807, 2.05) is 54.7 Å². The quantitative estimate of drug-likeness (QED) is 0.0387. The van der Waals surface area contributed by atoms with Gasteiger partial charge in [-0.25, -0.2) is 14.3 Å². The zero-order valence-electron chi connectivity index (χ0n) is 45.1. The number of aromatic amines is 1. The lowest BCUT2D eigenvalue weighted by Gasteiger charge is -2.47. The molecular formula is C53H74N16O13. The molecule has 19 N–H and O–H groups in total. The normalized spacial score (nSPS) is 34.7. The van der Waals surface area contributed by atoms with Crippen molar-refractivity contribution in [1.82, 2.24) is 44.9 Å². The summed E-state index contributed by atoms with van der Waals surface area (Å²) in [5, 5.41) is 83.5. The number of nitrogens with zero attached hydrogens (tertiary/aromatic N) is 9. The Hall–Kier alpha value is -5.75. The fourth-order valence-corrected chi connectivity index (χ4v) is 11.2. The van der Waals surface area contributed by atoms with Crippen LogP contribution in [0.1, 0.15) is 6.42 Å². The number of likely N-dealkylation sites (N-methyl/N-ethyl adjacent to an activating group) is 1. The highest BCUT2D eigenvalue weighted by Crippen LogP contribution is 2.36. The molecule has 0 radical (unpaired) electrons. The van der Waals surface area contributed by atoms with Crippen LogP contribution in [0, 0.1) is 0 Å². The van der Waals surface area contributed by atoms with Crippen molar-refractivity contribution in [3.63, 3.8) is 0 Å².